The van der Waals surface area contributed by atoms with Crippen molar-refractivity contribution in [3.05, 3.63) is 73.1 Å². The van der Waals surface area contributed by atoms with E-state index in [2.05, 4.69) is 12.2 Å². The standard InChI is InChI=1S/C21H23N3O4/c1-4-10-24-18-17(19(25)23(3)21(24)27)15(13-8-6-12(5-2)7-9-13)16-14(22-18)11-28-20(16)26/h6-9,15,22H,4-5,10-11H2,1-3H3/t15-/m1/s1. The van der Waals surface area contributed by atoms with Crippen LogP contribution in [0.15, 0.2) is 45.1 Å². The largest absolute Gasteiger partial charge is 0.456 e. The summed E-state index contributed by atoms with van der Waals surface area (Å²) in [6.45, 7) is 4.64. The number of nitrogens with zero attached hydrogens (tertiary/aromatic N) is 2. The first kappa shape index (κ1) is 18.3. The Morgan fingerprint density at radius 2 is 1.86 bits per heavy atom. The zero-order valence-corrected chi connectivity index (χ0v) is 16.2. The van der Waals surface area contributed by atoms with Crippen LogP contribution in [0.25, 0.3) is 0 Å². The first-order valence-electron chi connectivity index (χ1n) is 9.57. The summed E-state index contributed by atoms with van der Waals surface area (Å²) in [6.07, 6.45) is 1.64. The second-order valence-corrected chi connectivity index (χ2v) is 7.18. The maximum Gasteiger partial charge on any atom is 0.337 e. The number of hydrogen-bond acceptors (Lipinski definition) is 5. The molecule has 0 unspecified atom stereocenters. The van der Waals surface area contributed by atoms with Crippen molar-refractivity contribution in [3.63, 3.8) is 0 Å². The highest BCUT2D eigenvalue weighted by molar-refractivity contribution is 5.96. The highest BCUT2D eigenvalue weighted by atomic mass is 16.5. The number of ether oxygens (including phenoxy) is 1. The third-order valence-electron chi connectivity index (χ3n) is 5.49. The summed E-state index contributed by atoms with van der Waals surface area (Å²) in [4.78, 5) is 38.3. The number of carbonyl (C=O) groups excluding carboxylic acids is 1. The lowest BCUT2D eigenvalue weighted by Crippen LogP contribution is -2.44. The van der Waals surface area contributed by atoms with Gasteiger partial charge >= 0.3 is 11.7 Å². The van der Waals surface area contributed by atoms with E-state index >= 15 is 0 Å². The smallest absolute Gasteiger partial charge is 0.337 e. The Hall–Kier alpha value is -3.09. The van der Waals surface area contributed by atoms with Crippen LogP contribution >= 0.6 is 0 Å². The van der Waals surface area contributed by atoms with Gasteiger partial charge in [0.2, 0.25) is 0 Å². The van der Waals surface area contributed by atoms with Crippen LogP contribution < -0.4 is 16.6 Å². The molecule has 0 amide bonds. The number of anilines is 1. The van der Waals surface area contributed by atoms with E-state index in [0.29, 0.717) is 29.2 Å². The number of esters is 1. The molecular formula is C21H23N3O4. The molecule has 0 saturated heterocycles. The highest BCUT2D eigenvalue weighted by Gasteiger charge is 2.41. The van der Waals surface area contributed by atoms with Crippen LogP contribution in [-0.2, 0) is 29.5 Å². The van der Waals surface area contributed by atoms with Gasteiger partial charge in [-0.3, -0.25) is 13.9 Å². The molecule has 2 aliphatic heterocycles. The molecular weight excluding hydrogens is 358 g/mol. The van der Waals surface area contributed by atoms with Crippen molar-refractivity contribution in [2.45, 2.75) is 39.2 Å². The molecule has 0 aliphatic carbocycles. The highest BCUT2D eigenvalue weighted by Crippen LogP contribution is 2.42. The summed E-state index contributed by atoms with van der Waals surface area (Å²) in [5.41, 5.74) is 2.74. The Kier molecular flexibility index (Phi) is 4.45. The molecule has 7 heteroatoms. The van der Waals surface area contributed by atoms with Crippen molar-refractivity contribution in [2.75, 3.05) is 11.9 Å². The Bertz CT molecular complexity index is 1110. The SMILES string of the molecule is CCCn1c2c(c(=O)n(C)c1=O)[C@H](c1ccc(CC)cc1)C1=C(COC1=O)N2. The Morgan fingerprint density at radius 1 is 1.14 bits per heavy atom. The van der Waals surface area contributed by atoms with E-state index in [1.165, 1.54) is 12.6 Å². The van der Waals surface area contributed by atoms with Crippen molar-refractivity contribution >= 4 is 11.8 Å². The van der Waals surface area contributed by atoms with E-state index in [9.17, 15) is 14.4 Å². The third kappa shape index (κ3) is 2.61. The first-order valence-corrected chi connectivity index (χ1v) is 9.57. The number of aromatic nitrogens is 2. The molecule has 28 heavy (non-hydrogen) atoms. The number of rotatable bonds is 4. The Labute approximate surface area is 162 Å². The molecule has 0 spiro atoms. The average Bonchev–Trinajstić information content (AvgIpc) is 3.09. The normalized spacial score (nSPS) is 17.8. The van der Waals surface area contributed by atoms with Crippen molar-refractivity contribution in [3.8, 4) is 0 Å². The predicted octanol–water partition coefficient (Wildman–Crippen LogP) is 1.89. The number of nitrogens with one attached hydrogen (secondary N) is 1. The van der Waals surface area contributed by atoms with Crippen molar-refractivity contribution in [1.82, 2.24) is 9.13 Å². The minimum atomic E-state index is -0.561. The van der Waals surface area contributed by atoms with E-state index < -0.39 is 17.4 Å². The molecule has 0 fully saturated rings. The molecule has 0 bridgehead atoms. The maximum atomic E-state index is 13.1. The number of benzene rings is 1. The lowest BCUT2D eigenvalue weighted by atomic mass is 9.82. The molecule has 146 valence electrons. The summed E-state index contributed by atoms with van der Waals surface area (Å²) < 4.78 is 7.96. The number of fused-ring (bicyclic) bond motifs is 1. The van der Waals surface area contributed by atoms with Crippen LogP contribution in [-0.4, -0.2) is 21.7 Å². The van der Waals surface area contributed by atoms with Crippen molar-refractivity contribution in [2.24, 2.45) is 7.05 Å². The third-order valence-corrected chi connectivity index (χ3v) is 5.49. The number of cyclic esters (lactones) is 1. The molecule has 7 nitrogen and oxygen atoms in total. The first-order chi connectivity index (χ1) is 13.5. The minimum Gasteiger partial charge on any atom is -0.456 e. The van der Waals surface area contributed by atoms with Gasteiger partial charge in [-0.15, -0.1) is 0 Å². The summed E-state index contributed by atoms with van der Waals surface area (Å²) in [5.74, 6) is -0.515. The quantitative estimate of drug-likeness (QED) is 0.818. The van der Waals surface area contributed by atoms with Gasteiger partial charge in [0.05, 0.1) is 22.8 Å². The number of carbonyl (C=O) groups is 1. The molecule has 2 aliphatic rings. The molecule has 0 saturated carbocycles. The monoisotopic (exact) mass is 381 g/mol. The summed E-state index contributed by atoms with van der Waals surface area (Å²) in [7, 11) is 1.48. The van der Waals surface area contributed by atoms with E-state index in [0.717, 1.165) is 23.0 Å². The van der Waals surface area contributed by atoms with E-state index in [1.807, 2.05) is 31.2 Å². The van der Waals surface area contributed by atoms with Gasteiger partial charge in [-0.05, 0) is 24.0 Å². The van der Waals surface area contributed by atoms with Crippen molar-refractivity contribution < 1.29 is 9.53 Å². The molecule has 1 aromatic heterocycles. The van der Waals surface area contributed by atoms with Crippen LogP contribution in [0.2, 0.25) is 0 Å². The topological polar surface area (TPSA) is 82.3 Å². The van der Waals surface area contributed by atoms with E-state index in [1.54, 1.807) is 4.57 Å². The molecule has 4 rings (SSSR count). The predicted molar refractivity (Wildman–Crippen MR) is 106 cm³/mol. The summed E-state index contributed by atoms with van der Waals surface area (Å²) >= 11 is 0. The zero-order valence-electron chi connectivity index (χ0n) is 16.2. The van der Waals surface area contributed by atoms with Gasteiger partial charge in [0.25, 0.3) is 5.56 Å². The lowest BCUT2D eigenvalue weighted by Gasteiger charge is -2.29. The second kappa shape index (κ2) is 6.82. The van der Waals surface area contributed by atoms with Gasteiger partial charge in [-0.25, -0.2) is 9.59 Å². The van der Waals surface area contributed by atoms with Gasteiger partial charge in [-0.2, -0.15) is 0 Å². The van der Waals surface area contributed by atoms with Crippen molar-refractivity contribution in [1.29, 1.82) is 0 Å². The van der Waals surface area contributed by atoms with Crippen LogP contribution in [0.4, 0.5) is 5.82 Å². The minimum absolute atomic E-state index is 0.118. The van der Waals surface area contributed by atoms with Gasteiger partial charge in [-0.1, -0.05) is 38.1 Å². The molecule has 2 aromatic rings. The van der Waals surface area contributed by atoms with E-state index in [-0.39, 0.29) is 12.3 Å². The molecule has 1 N–H and O–H groups in total. The average molecular weight is 381 g/mol. The molecule has 3 heterocycles. The number of hydrogen-bond donors (Lipinski definition) is 1. The molecule has 1 aromatic carbocycles. The van der Waals surface area contributed by atoms with Crippen LogP contribution in [0.1, 0.15) is 42.9 Å². The summed E-state index contributed by atoms with van der Waals surface area (Å²) in [6, 6.07) is 7.90. The van der Waals surface area contributed by atoms with Gasteiger partial charge < -0.3 is 10.1 Å². The van der Waals surface area contributed by atoms with Gasteiger partial charge in [0, 0.05) is 13.6 Å². The van der Waals surface area contributed by atoms with Crippen LogP contribution in [0, 0.1) is 0 Å². The van der Waals surface area contributed by atoms with Crippen LogP contribution in [0.5, 0.6) is 0 Å². The van der Waals surface area contributed by atoms with Gasteiger partial charge in [0.15, 0.2) is 0 Å². The Morgan fingerprint density at radius 3 is 2.50 bits per heavy atom. The number of aryl methyl sites for hydroxylation is 1. The fraction of sp³-hybridized carbons (Fsp3) is 0.381. The molecule has 0 radical (unpaired) electrons. The van der Waals surface area contributed by atoms with E-state index in [4.69, 9.17) is 4.74 Å². The Balaban J connectivity index is 2.03. The fourth-order valence-corrected chi connectivity index (χ4v) is 4.00. The summed E-state index contributed by atoms with van der Waals surface area (Å²) in [5, 5.41) is 3.16. The fourth-order valence-electron chi connectivity index (χ4n) is 4.00. The molecule has 1 atom stereocenters. The zero-order chi connectivity index (χ0) is 20.0. The van der Waals surface area contributed by atoms with Crippen LogP contribution in [0.3, 0.4) is 0 Å². The lowest BCUT2D eigenvalue weighted by molar-refractivity contribution is -0.136. The van der Waals surface area contributed by atoms with Gasteiger partial charge in [0.1, 0.15) is 12.4 Å². The second-order valence-electron chi connectivity index (χ2n) is 7.18. The maximum absolute atomic E-state index is 13.1.